The highest BCUT2D eigenvalue weighted by Crippen LogP contribution is 2.28. The summed E-state index contributed by atoms with van der Waals surface area (Å²) in [5, 5.41) is 22.9. The van der Waals surface area contributed by atoms with E-state index in [0.717, 1.165) is 90.4 Å². The second-order valence-electron chi connectivity index (χ2n) is 10.1. The van der Waals surface area contributed by atoms with Crippen LogP contribution in [-0.4, -0.2) is 62.2 Å². The maximum absolute atomic E-state index is 13.1. The first-order chi connectivity index (χ1) is 18.9. The highest BCUT2D eigenvalue weighted by molar-refractivity contribution is 14.1. The van der Waals surface area contributed by atoms with Crippen molar-refractivity contribution in [2.45, 2.75) is 96.4 Å². The van der Waals surface area contributed by atoms with E-state index in [1.54, 1.807) is 0 Å². The van der Waals surface area contributed by atoms with E-state index < -0.39 is 6.04 Å². The zero-order valence-electron chi connectivity index (χ0n) is 23.8. The first-order valence-corrected chi connectivity index (χ1v) is 16.9. The number of nitrogens with one attached hydrogen (secondary N) is 4. The Morgan fingerprint density at radius 2 is 1.38 bits per heavy atom. The van der Waals surface area contributed by atoms with Gasteiger partial charge in [-0.15, -0.1) is 0 Å². The zero-order valence-corrected chi connectivity index (χ0v) is 28.1. The van der Waals surface area contributed by atoms with Crippen LogP contribution in [0.4, 0.5) is 0 Å². The molecule has 0 saturated carbocycles. The number of hydrogen-bond donors (Lipinski definition) is 6. The molecule has 0 fully saturated rings. The third-order valence-corrected chi connectivity index (χ3v) is 8.16. The smallest absolute Gasteiger partial charge is 0.242 e. The number of hydrogen-bond acceptors (Lipinski definition) is 6. The molecule has 0 heterocycles. The van der Waals surface area contributed by atoms with Crippen LogP contribution >= 0.6 is 45.2 Å². The van der Waals surface area contributed by atoms with Crippen LogP contribution in [-0.2, 0) is 16.0 Å². The summed E-state index contributed by atoms with van der Waals surface area (Å²) in [6.07, 6.45) is 12.9. The summed E-state index contributed by atoms with van der Waals surface area (Å²) in [5.74, 6) is 0.00917. The largest absolute Gasteiger partial charge is 0.506 e. The molecule has 224 valence electrons. The lowest BCUT2D eigenvalue weighted by Crippen LogP contribution is -2.48. The molecule has 0 unspecified atom stereocenters. The van der Waals surface area contributed by atoms with Crippen molar-refractivity contribution in [2.75, 3.05) is 39.3 Å². The Bertz CT molecular complexity index is 790. The summed E-state index contributed by atoms with van der Waals surface area (Å²) in [5.41, 5.74) is 6.40. The van der Waals surface area contributed by atoms with Crippen molar-refractivity contribution < 1.29 is 14.7 Å². The predicted molar refractivity (Wildman–Crippen MR) is 178 cm³/mol. The summed E-state index contributed by atoms with van der Waals surface area (Å²) in [4.78, 5) is 25.8. The number of rotatable bonds is 24. The molecule has 0 aliphatic rings. The van der Waals surface area contributed by atoms with Crippen molar-refractivity contribution in [2.24, 2.45) is 5.73 Å². The number of aromatic hydroxyl groups is 1. The monoisotopic (exact) mass is 771 g/mol. The van der Waals surface area contributed by atoms with Gasteiger partial charge < -0.3 is 32.1 Å². The molecular weight excluding hydrogens is 720 g/mol. The van der Waals surface area contributed by atoms with Crippen LogP contribution in [0.15, 0.2) is 12.1 Å². The Balaban J connectivity index is 2.45. The van der Waals surface area contributed by atoms with Gasteiger partial charge in [-0.2, -0.15) is 0 Å². The molecule has 0 aliphatic heterocycles. The molecule has 2 amide bonds. The summed E-state index contributed by atoms with van der Waals surface area (Å²) in [6.45, 7) is 7.29. The third-order valence-electron chi connectivity index (χ3n) is 6.52. The van der Waals surface area contributed by atoms with Crippen LogP contribution in [0.1, 0.15) is 89.5 Å². The summed E-state index contributed by atoms with van der Waals surface area (Å²) < 4.78 is 1.47. The lowest BCUT2D eigenvalue weighted by molar-refractivity contribution is -0.129. The number of halogens is 2. The SMILES string of the molecule is CCCCCCCCCC(=O)N[C@@H](Cc1cc(I)c(O)c(I)c1)C(=O)NCCCNCCCCNCCCN. The van der Waals surface area contributed by atoms with E-state index in [1.807, 2.05) is 12.1 Å². The molecular formula is C29H51I2N5O3. The van der Waals surface area contributed by atoms with E-state index >= 15 is 0 Å². The maximum atomic E-state index is 13.1. The fourth-order valence-corrected chi connectivity index (χ4v) is 6.11. The van der Waals surface area contributed by atoms with Crippen molar-refractivity contribution in [1.82, 2.24) is 21.3 Å². The van der Waals surface area contributed by atoms with E-state index in [-0.39, 0.29) is 17.6 Å². The molecule has 10 heteroatoms. The molecule has 0 aliphatic carbocycles. The van der Waals surface area contributed by atoms with E-state index in [1.165, 1.54) is 25.7 Å². The lowest BCUT2D eigenvalue weighted by Gasteiger charge is -2.19. The van der Waals surface area contributed by atoms with Crippen molar-refractivity contribution in [3.63, 3.8) is 0 Å². The number of unbranched alkanes of at least 4 members (excludes halogenated alkanes) is 7. The Hall–Kier alpha value is -0.700. The van der Waals surface area contributed by atoms with Gasteiger partial charge in [-0.3, -0.25) is 9.59 Å². The summed E-state index contributed by atoms with van der Waals surface area (Å²) in [7, 11) is 0. The zero-order chi connectivity index (χ0) is 28.7. The van der Waals surface area contributed by atoms with Crippen LogP contribution in [0.5, 0.6) is 5.75 Å². The van der Waals surface area contributed by atoms with Crippen molar-refractivity contribution in [3.8, 4) is 5.75 Å². The van der Waals surface area contributed by atoms with E-state index in [4.69, 9.17) is 5.73 Å². The molecule has 8 nitrogen and oxygen atoms in total. The molecule has 1 aromatic rings. The molecule has 1 atom stereocenters. The van der Waals surface area contributed by atoms with Crippen LogP contribution < -0.4 is 27.0 Å². The van der Waals surface area contributed by atoms with E-state index in [2.05, 4.69) is 73.4 Å². The average Bonchev–Trinajstić information content (AvgIpc) is 2.91. The molecule has 0 saturated heterocycles. The number of phenols is 1. The van der Waals surface area contributed by atoms with Gasteiger partial charge in [0, 0.05) is 19.4 Å². The Kier molecular flexibility index (Phi) is 22.3. The van der Waals surface area contributed by atoms with Crippen LogP contribution in [0.2, 0.25) is 0 Å². The minimum atomic E-state index is -0.641. The molecule has 0 radical (unpaired) electrons. The fourth-order valence-electron chi connectivity index (χ4n) is 4.22. The van der Waals surface area contributed by atoms with Gasteiger partial charge in [0.15, 0.2) is 0 Å². The number of nitrogens with two attached hydrogens (primary N) is 1. The number of benzene rings is 1. The summed E-state index contributed by atoms with van der Waals surface area (Å²) >= 11 is 4.18. The number of carbonyl (C=O) groups excluding carboxylic acids is 2. The second-order valence-corrected chi connectivity index (χ2v) is 12.4. The van der Waals surface area contributed by atoms with Gasteiger partial charge in [-0.05, 0) is 128 Å². The van der Waals surface area contributed by atoms with Crippen LogP contribution in [0.3, 0.4) is 0 Å². The Morgan fingerprint density at radius 1 is 0.821 bits per heavy atom. The minimum absolute atomic E-state index is 0.0777. The third kappa shape index (κ3) is 18.4. The average molecular weight is 772 g/mol. The van der Waals surface area contributed by atoms with Gasteiger partial charge in [0.2, 0.25) is 11.8 Å². The Morgan fingerprint density at radius 3 is 2.00 bits per heavy atom. The molecule has 0 aromatic heterocycles. The van der Waals surface area contributed by atoms with Gasteiger partial charge in [-0.25, -0.2) is 0 Å². The normalized spacial score (nSPS) is 11.9. The fraction of sp³-hybridized carbons (Fsp3) is 0.724. The standard InChI is InChI=1S/C29H51I2N5O3/c1-2-3-4-5-6-7-8-13-27(37)36-26(22-23-20-24(30)28(38)25(31)21-23)29(39)35-19-12-18-34-16-10-9-15-33-17-11-14-32/h20-21,26,33-34,38H,2-19,22,32H2,1H3,(H,35,39)(H,36,37)/t26-/m0/s1. The van der Waals surface area contributed by atoms with Crippen LogP contribution in [0, 0.1) is 7.14 Å². The maximum Gasteiger partial charge on any atom is 0.242 e. The molecule has 1 rings (SSSR count). The number of amides is 2. The van der Waals surface area contributed by atoms with Crippen molar-refractivity contribution in [1.29, 1.82) is 0 Å². The van der Waals surface area contributed by atoms with E-state index in [9.17, 15) is 14.7 Å². The van der Waals surface area contributed by atoms with E-state index in [0.29, 0.717) is 19.4 Å². The highest BCUT2D eigenvalue weighted by atomic mass is 127. The lowest BCUT2D eigenvalue weighted by atomic mass is 10.0. The van der Waals surface area contributed by atoms with Gasteiger partial charge in [0.1, 0.15) is 11.8 Å². The van der Waals surface area contributed by atoms with Crippen LogP contribution in [0.25, 0.3) is 0 Å². The molecule has 0 spiro atoms. The molecule has 7 N–H and O–H groups in total. The molecule has 0 bridgehead atoms. The van der Waals surface area contributed by atoms with Gasteiger partial charge in [0.05, 0.1) is 7.14 Å². The quantitative estimate of drug-likeness (QED) is 0.0675. The minimum Gasteiger partial charge on any atom is -0.506 e. The first kappa shape index (κ1) is 36.3. The van der Waals surface area contributed by atoms with Gasteiger partial charge in [-0.1, -0.05) is 45.4 Å². The molecule has 39 heavy (non-hydrogen) atoms. The predicted octanol–water partition coefficient (Wildman–Crippen LogP) is 4.58. The first-order valence-electron chi connectivity index (χ1n) is 14.7. The molecule has 1 aromatic carbocycles. The second kappa shape index (κ2) is 24.0. The van der Waals surface area contributed by atoms with Gasteiger partial charge in [0.25, 0.3) is 0 Å². The number of carbonyl (C=O) groups is 2. The number of phenolic OH excluding ortho intramolecular Hbond substituents is 1. The summed E-state index contributed by atoms with van der Waals surface area (Å²) in [6, 6.07) is 3.11. The van der Waals surface area contributed by atoms with Crippen molar-refractivity contribution >= 4 is 57.0 Å². The Labute approximate surface area is 263 Å². The topological polar surface area (TPSA) is 129 Å². The van der Waals surface area contributed by atoms with Gasteiger partial charge >= 0.3 is 0 Å². The van der Waals surface area contributed by atoms with Crippen molar-refractivity contribution in [3.05, 3.63) is 24.8 Å². The highest BCUT2D eigenvalue weighted by Gasteiger charge is 2.22.